The van der Waals surface area contributed by atoms with Gasteiger partial charge < -0.3 is 23.3 Å². The number of methoxy groups -OCH3 is 2. The van der Waals surface area contributed by atoms with Crippen LogP contribution < -0.4 is 20.7 Å². The Morgan fingerprint density at radius 1 is 0.846 bits per heavy atom. The molecular weight excluding hydrogens is 679 g/mol. The van der Waals surface area contributed by atoms with Crippen LogP contribution >= 0.6 is 8.53 Å². The Bertz CT molecular complexity index is 1800. The Morgan fingerprint density at radius 2 is 1.38 bits per heavy atom. The maximum atomic E-state index is 13.2. The van der Waals surface area contributed by atoms with Crippen molar-refractivity contribution in [1.82, 2.24) is 14.2 Å². The van der Waals surface area contributed by atoms with Crippen molar-refractivity contribution >= 4 is 8.53 Å². The summed E-state index contributed by atoms with van der Waals surface area (Å²) in [6, 6.07) is 27.9. The van der Waals surface area contributed by atoms with Gasteiger partial charge in [0.05, 0.1) is 46.0 Å². The number of aromatic nitrogens is 2. The van der Waals surface area contributed by atoms with Crippen molar-refractivity contribution < 1.29 is 23.3 Å². The van der Waals surface area contributed by atoms with Crippen molar-refractivity contribution in [3.63, 3.8) is 0 Å². The van der Waals surface area contributed by atoms with Crippen LogP contribution in [0.1, 0.15) is 63.3 Å². The molecule has 1 N–H and O–H groups in total. The standard InChI is InChI=1S/C40H51N4O7P/c1-28(2)44(29(3)4)52(50-24-12-23-41)51-31(6)32(26-43-25-30(5)38(45)42-39(43)46)27-49-40(33-13-10-9-11-14-33,34-15-19-36(47-7)20-16-34)35-17-21-37(48-8)22-18-35/h9-11,13-22,25,28-29,31-32H,12,24,26-27H2,1-8H3,(H,42,45,46)/t31-,32+,52?/m1/s1. The Kier molecular flexibility index (Phi) is 14.8. The summed E-state index contributed by atoms with van der Waals surface area (Å²) >= 11 is 0. The molecule has 0 aliphatic rings. The van der Waals surface area contributed by atoms with Crippen LogP contribution in [-0.4, -0.2) is 59.8 Å². The van der Waals surface area contributed by atoms with Crippen LogP contribution in [0.2, 0.25) is 0 Å². The molecular formula is C40H51N4O7P. The molecule has 1 heterocycles. The number of aromatic amines is 1. The molecule has 0 saturated carbocycles. The molecule has 1 aromatic heterocycles. The van der Waals surface area contributed by atoms with Crippen molar-refractivity contribution in [2.75, 3.05) is 27.4 Å². The molecule has 3 atom stereocenters. The second-order valence-electron chi connectivity index (χ2n) is 13.2. The molecule has 0 fully saturated rings. The van der Waals surface area contributed by atoms with Crippen LogP contribution in [0.15, 0.2) is 94.6 Å². The van der Waals surface area contributed by atoms with Crippen LogP contribution in [0.25, 0.3) is 0 Å². The van der Waals surface area contributed by atoms with E-state index in [2.05, 4.69) is 43.4 Å². The van der Waals surface area contributed by atoms with Crippen molar-refractivity contribution in [1.29, 1.82) is 5.26 Å². The summed E-state index contributed by atoms with van der Waals surface area (Å²) in [6.45, 7) is 12.5. The van der Waals surface area contributed by atoms with E-state index in [1.54, 1.807) is 27.3 Å². The van der Waals surface area contributed by atoms with Crippen LogP contribution in [0.5, 0.6) is 11.5 Å². The third kappa shape index (κ3) is 9.77. The molecule has 0 saturated heterocycles. The summed E-state index contributed by atoms with van der Waals surface area (Å²) in [5, 5.41) is 9.26. The van der Waals surface area contributed by atoms with Gasteiger partial charge in [0, 0.05) is 36.3 Å². The molecule has 0 aliphatic heterocycles. The fourth-order valence-corrected chi connectivity index (χ4v) is 7.93. The Labute approximate surface area is 308 Å². The minimum absolute atomic E-state index is 0.0930. The number of H-pyrrole nitrogens is 1. The van der Waals surface area contributed by atoms with Gasteiger partial charge in [0.1, 0.15) is 17.1 Å². The zero-order valence-electron chi connectivity index (χ0n) is 31.4. The molecule has 0 radical (unpaired) electrons. The van der Waals surface area contributed by atoms with Gasteiger partial charge in [-0.1, -0.05) is 54.6 Å². The molecule has 0 bridgehead atoms. The minimum Gasteiger partial charge on any atom is -0.497 e. The highest BCUT2D eigenvalue weighted by molar-refractivity contribution is 7.44. The minimum atomic E-state index is -1.61. The number of hydrogen-bond acceptors (Lipinski definition) is 9. The van der Waals surface area contributed by atoms with Crippen LogP contribution in [0.3, 0.4) is 0 Å². The van der Waals surface area contributed by atoms with Crippen LogP contribution in [0.4, 0.5) is 0 Å². The van der Waals surface area contributed by atoms with Gasteiger partial charge in [-0.05, 0) is 82.5 Å². The Balaban J connectivity index is 1.86. The highest BCUT2D eigenvalue weighted by Crippen LogP contribution is 2.48. The molecule has 0 spiro atoms. The van der Waals surface area contributed by atoms with Gasteiger partial charge in [-0.25, -0.2) is 9.46 Å². The van der Waals surface area contributed by atoms with Gasteiger partial charge in [-0.2, -0.15) is 5.26 Å². The summed E-state index contributed by atoms with van der Waals surface area (Å²) in [4.78, 5) is 27.9. The molecule has 52 heavy (non-hydrogen) atoms. The van der Waals surface area contributed by atoms with E-state index in [0.717, 1.165) is 16.7 Å². The van der Waals surface area contributed by atoms with E-state index >= 15 is 0 Å². The van der Waals surface area contributed by atoms with E-state index < -0.39 is 37.4 Å². The highest BCUT2D eigenvalue weighted by atomic mass is 31.2. The average Bonchev–Trinajstić information content (AvgIpc) is 3.14. The summed E-state index contributed by atoms with van der Waals surface area (Å²) in [7, 11) is 1.65. The largest absolute Gasteiger partial charge is 0.497 e. The summed E-state index contributed by atoms with van der Waals surface area (Å²) in [5.74, 6) is 0.990. The van der Waals surface area contributed by atoms with Crippen LogP contribution in [0, 0.1) is 24.2 Å². The number of benzene rings is 3. The first-order valence-corrected chi connectivity index (χ1v) is 18.6. The Morgan fingerprint density at radius 3 is 1.88 bits per heavy atom. The zero-order valence-corrected chi connectivity index (χ0v) is 32.3. The first-order chi connectivity index (χ1) is 24.9. The maximum Gasteiger partial charge on any atom is 0.328 e. The van der Waals surface area contributed by atoms with Gasteiger partial charge in [0.15, 0.2) is 0 Å². The monoisotopic (exact) mass is 730 g/mol. The average molecular weight is 731 g/mol. The molecule has 1 unspecified atom stereocenters. The van der Waals surface area contributed by atoms with Crippen molar-refractivity contribution in [2.45, 2.75) is 78.3 Å². The lowest BCUT2D eigenvalue weighted by Gasteiger charge is -2.40. The fourth-order valence-electron chi connectivity index (χ4n) is 6.17. The maximum absolute atomic E-state index is 13.2. The van der Waals surface area contributed by atoms with Crippen molar-refractivity contribution in [3.05, 3.63) is 128 Å². The first-order valence-electron chi connectivity index (χ1n) is 17.5. The SMILES string of the molecule is COc1ccc(C(OC[C@H](Cn2cc(C)c(=O)[nH]c2=O)[C@@H](C)OP(OCCC#N)N(C(C)C)C(C)C)(c2ccccc2)c2ccc(OC)cc2)cc1. The van der Waals surface area contributed by atoms with E-state index in [9.17, 15) is 14.9 Å². The molecule has 3 aromatic carbocycles. The number of nitrogens with one attached hydrogen (secondary N) is 1. The van der Waals surface area contributed by atoms with E-state index in [1.807, 2.05) is 85.8 Å². The predicted octanol–water partition coefficient (Wildman–Crippen LogP) is 7.17. The first kappa shape index (κ1) is 40.5. The van der Waals surface area contributed by atoms with E-state index in [1.165, 1.54) is 4.57 Å². The molecule has 4 aromatic rings. The lowest BCUT2D eigenvalue weighted by Crippen LogP contribution is -2.41. The lowest BCUT2D eigenvalue weighted by molar-refractivity contribution is -0.0363. The third-order valence-corrected chi connectivity index (χ3v) is 11.1. The van der Waals surface area contributed by atoms with Gasteiger partial charge in [-0.3, -0.25) is 14.3 Å². The van der Waals surface area contributed by atoms with Gasteiger partial charge in [-0.15, -0.1) is 0 Å². The van der Waals surface area contributed by atoms with E-state index in [0.29, 0.717) is 17.1 Å². The predicted molar refractivity (Wildman–Crippen MR) is 204 cm³/mol. The summed E-state index contributed by atoms with van der Waals surface area (Å²) < 4.78 is 35.0. The molecule has 0 aliphatic carbocycles. The highest BCUT2D eigenvalue weighted by Gasteiger charge is 2.40. The fraction of sp³-hybridized carbons (Fsp3) is 0.425. The van der Waals surface area contributed by atoms with E-state index in [-0.39, 0.29) is 38.3 Å². The zero-order chi connectivity index (χ0) is 37.8. The smallest absolute Gasteiger partial charge is 0.328 e. The molecule has 4 rings (SSSR count). The number of hydrogen-bond donors (Lipinski definition) is 1. The summed E-state index contributed by atoms with van der Waals surface area (Å²) in [6.07, 6.45) is 1.29. The lowest BCUT2D eigenvalue weighted by atomic mass is 9.79. The number of rotatable bonds is 19. The molecule has 12 heteroatoms. The molecule has 0 amide bonds. The van der Waals surface area contributed by atoms with Gasteiger partial charge >= 0.3 is 5.69 Å². The second kappa shape index (κ2) is 19.0. The van der Waals surface area contributed by atoms with Crippen molar-refractivity contribution in [3.8, 4) is 17.6 Å². The molecule has 11 nitrogen and oxygen atoms in total. The quantitative estimate of drug-likeness (QED) is 0.0607. The van der Waals surface area contributed by atoms with Gasteiger partial charge in [0.2, 0.25) is 0 Å². The normalized spacial score (nSPS) is 13.6. The molecule has 278 valence electrons. The summed E-state index contributed by atoms with van der Waals surface area (Å²) in [5.41, 5.74) is 0.965. The van der Waals surface area contributed by atoms with Crippen molar-refractivity contribution in [2.24, 2.45) is 5.92 Å². The Hall–Kier alpha value is -4.30. The number of aryl methyl sites for hydroxylation is 1. The number of ether oxygens (including phenoxy) is 3. The number of nitriles is 1. The van der Waals surface area contributed by atoms with E-state index in [4.69, 9.17) is 23.3 Å². The third-order valence-electron chi connectivity index (χ3n) is 8.89. The van der Waals surface area contributed by atoms with Gasteiger partial charge in [0.25, 0.3) is 14.1 Å². The number of nitrogens with zero attached hydrogens (tertiary/aromatic N) is 3. The van der Waals surface area contributed by atoms with Crippen LogP contribution in [-0.2, 0) is 25.9 Å². The second-order valence-corrected chi connectivity index (χ2v) is 14.6. The topological polar surface area (TPSA) is 128 Å².